The first kappa shape index (κ1) is 39.1. The molecule has 2 unspecified atom stereocenters. The summed E-state index contributed by atoms with van der Waals surface area (Å²) in [6.07, 6.45) is 44.4. The van der Waals surface area contributed by atoms with Gasteiger partial charge in [-0.05, 0) is 70.6 Å². The fourth-order valence-corrected chi connectivity index (χ4v) is 4.52. The first-order chi connectivity index (χ1) is 20.2. The molecule has 0 saturated heterocycles. The van der Waals surface area contributed by atoms with Crippen molar-refractivity contribution < 1.29 is 15.0 Å². The zero-order valence-corrected chi connectivity index (χ0v) is 26.8. The average Bonchev–Trinajstić information content (AvgIpc) is 2.97. The van der Waals surface area contributed by atoms with Gasteiger partial charge in [0.1, 0.15) is 0 Å². The number of amides is 1. The molecule has 4 nitrogen and oxygen atoms in total. The SMILES string of the molecule is CCCC/C=C/CC/C=C/CC/C=C/C(O)C(CO)NC(=O)CCCCCCCCC/C=C\C/C=C\CCCCC. The summed E-state index contributed by atoms with van der Waals surface area (Å²) in [5, 5.41) is 22.8. The van der Waals surface area contributed by atoms with Gasteiger partial charge in [0.05, 0.1) is 18.8 Å². The normalized spacial score (nSPS) is 14.0. The molecular formula is C37H65NO3. The molecule has 0 radical (unpaired) electrons. The van der Waals surface area contributed by atoms with E-state index in [1.807, 2.05) is 6.08 Å². The lowest BCUT2D eigenvalue weighted by Gasteiger charge is -2.19. The molecule has 3 N–H and O–H groups in total. The Labute approximate surface area is 254 Å². The monoisotopic (exact) mass is 571 g/mol. The zero-order valence-electron chi connectivity index (χ0n) is 26.8. The van der Waals surface area contributed by atoms with Crippen molar-refractivity contribution in [2.75, 3.05) is 6.61 Å². The zero-order chi connectivity index (χ0) is 30.1. The van der Waals surface area contributed by atoms with Crippen molar-refractivity contribution in [3.8, 4) is 0 Å². The summed E-state index contributed by atoms with van der Waals surface area (Å²) >= 11 is 0. The predicted molar refractivity (Wildman–Crippen MR) is 179 cm³/mol. The van der Waals surface area contributed by atoms with Crippen LogP contribution in [0.25, 0.3) is 0 Å². The molecule has 0 aliphatic rings. The predicted octanol–water partition coefficient (Wildman–Crippen LogP) is 9.84. The van der Waals surface area contributed by atoms with Gasteiger partial charge in [-0.25, -0.2) is 0 Å². The highest BCUT2D eigenvalue weighted by Crippen LogP contribution is 2.11. The van der Waals surface area contributed by atoms with Gasteiger partial charge in [0, 0.05) is 6.42 Å². The fraction of sp³-hybridized carbons (Fsp3) is 0.703. The first-order valence-electron chi connectivity index (χ1n) is 17.0. The van der Waals surface area contributed by atoms with Crippen molar-refractivity contribution in [2.45, 2.75) is 161 Å². The molecule has 4 heteroatoms. The van der Waals surface area contributed by atoms with E-state index in [1.54, 1.807) is 6.08 Å². The number of rotatable bonds is 29. The van der Waals surface area contributed by atoms with Gasteiger partial charge >= 0.3 is 0 Å². The van der Waals surface area contributed by atoms with E-state index in [4.69, 9.17) is 0 Å². The van der Waals surface area contributed by atoms with E-state index in [9.17, 15) is 15.0 Å². The van der Waals surface area contributed by atoms with Crippen LogP contribution in [-0.4, -0.2) is 34.9 Å². The Kier molecular flexibility index (Phi) is 31.1. The van der Waals surface area contributed by atoms with Gasteiger partial charge in [-0.2, -0.15) is 0 Å². The summed E-state index contributed by atoms with van der Waals surface area (Å²) in [6, 6.07) is -0.648. The Morgan fingerprint density at radius 1 is 0.585 bits per heavy atom. The summed E-state index contributed by atoms with van der Waals surface area (Å²) < 4.78 is 0. The number of allylic oxidation sites excluding steroid dienone is 9. The third-order valence-electron chi connectivity index (χ3n) is 7.20. The Morgan fingerprint density at radius 3 is 1.63 bits per heavy atom. The molecule has 0 rings (SSSR count). The van der Waals surface area contributed by atoms with Crippen LogP contribution in [0.15, 0.2) is 60.8 Å². The molecule has 0 aliphatic carbocycles. The van der Waals surface area contributed by atoms with E-state index in [2.05, 4.69) is 67.8 Å². The molecule has 0 bridgehead atoms. The molecule has 0 saturated carbocycles. The van der Waals surface area contributed by atoms with Crippen molar-refractivity contribution in [1.82, 2.24) is 5.32 Å². The maximum absolute atomic E-state index is 12.3. The quantitative estimate of drug-likeness (QED) is 0.0618. The van der Waals surface area contributed by atoms with Crippen LogP contribution in [0.4, 0.5) is 0 Å². The second-order valence-electron chi connectivity index (χ2n) is 11.2. The molecule has 0 heterocycles. The molecule has 2 atom stereocenters. The number of hydrogen-bond donors (Lipinski definition) is 3. The molecule has 0 fully saturated rings. The number of aliphatic hydroxyl groups is 2. The van der Waals surface area contributed by atoms with Gasteiger partial charge in [0.15, 0.2) is 0 Å². The van der Waals surface area contributed by atoms with Crippen LogP contribution in [0.5, 0.6) is 0 Å². The number of nitrogens with one attached hydrogen (secondary N) is 1. The lowest BCUT2D eigenvalue weighted by molar-refractivity contribution is -0.123. The second kappa shape index (κ2) is 32.6. The minimum atomic E-state index is -0.872. The Morgan fingerprint density at radius 2 is 1.05 bits per heavy atom. The Balaban J connectivity index is 3.74. The summed E-state index contributed by atoms with van der Waals surface area (Å²) in [7, 11) is 0. The van der Waals surface area contributed by atoms with Crippen LogP contribution in [0, 0.1) is 0 Å². The smallest absolute Gasteiger partial charge is 0.220 e. The highest BCUT2D eigenvalue weighted by molar-refractivity contribution is 5.76. The number of aliphatic hydroxyl groups excluding tert-OH is 2. The number of carbonyl (C=O) groups excluding carboxylic acids is 1. The van der Waals surface area contributed by atoms with Gasteiger partial charge in [0.2, 0.25) is 5.91 Å². The maximum atomic E-state index is 12.3. The topological polar surface area (TPSA) is 69.6 Å². The van der Waals surface area contributed by atoms with Gasteiger partial charge in [-0.3, -0.25) is 4.79 Å². The summed E-state index contributed by atoms with van der Waals surface area (Å²) in [5.41, 5.74) is 0. The highest BCUT2D eigenvalue weighted by Gasteiger charge is 2.17. The van der Waals surface area contributed by atoms with Gasteiger partial charge in [-0.15, -0.1) is 0 Å². The Bertz CT molecular complexity index is 707. The molecule has 0 aromatic heterocycles. The van der Waals surface area contributed by atoms with Crippen molar-refractivity contribution in [1.29, 1.82) is 0 Å². The second-order valence-corrected chi connectivity index (χ2v) is 11.2. The average molecular weight is 572 g/mol. The van der Waals surface area contributed by atoms with Crippen LogP contribution in [0.2, 0.25) is 0 Å². The van der Waals surface area contributed by atoms with Crippen LogP contribution in [-0.2, 0) is 4.79 Å². The molecule has 1 amide bonds. The molecule has 41 heavy (non-hydrogen) atoms. The van der Waals surface area contributed by atoms with Crippen molar-refractivity contribution >= 4 is 5.91 Å². The molecule has 0 aliphatic heterocycles. The summed E-state index contributed by atoms with van der Waals surface area (Å²) in [5.74, 6) is -0.0919. The van der Waals surface area contributed by atoms with E-state index in [0.717, 1.165) is 51.4 Å². The van der Waals surface area contributed by atoms with Gasteiger partial charge in [-0.1, -0.05) is 132 Å². The third-order valence-corrected chi connectivity index (χ3v) is 7.20. The molecule has 0 spiro atoms. The summed E-state index contributed by atoms with van der Waals surface area (Å²) in [4.78, 5) is 12.3. The lowest BCUT2D eigenvalue weighted by atomic mass is 10.1. The fourth-order valence-electron chi connectivity index (χ4n) is 4.52. The van der Waals surface area contributed by atoms with Crippen molar-refractivity contribution in [2.24, 2.45) is 0 Å². The third kappa shape index (κ3) is 29.4. The van der Waals surface area contributed by atoms with E-state index in [-0.39, 0.29) is 12.5 Å². The summed E-state index contributed by atoms with van der Waals surface area (Å²) in [6.45, 7) is 4.19. The van der Waals surface area contributed by atoms with E-state index >= 15 is 0 Å². The highest BCUT2D eigenvalue weighted by atomic mass is 16.3. The Hall–Kier alpha value is -1.91. The maximum Gasteiger partial charge on any atom is 0.220 e. The minimum absolute atomic E-state index is 0.0919. The molecule has 0 aromatic rings. The van der Waals surface area contributed by atoms with E-state index in [1.165, 1.54) is 77.0 Å². The van der Waals surface area contributed by atoms with Crippen LogP contribution in [0.1, 0.15) is 149 Å². The minimum Gasteiger partial charge on any atom is -0.394 e. The van der Waals surface area contributed by atoms with Crippen molar-refractivity contribution in [3.05, 3.63) is 60.8 Å². The van der Waals surface area contributed by atoms with Gasteiger partial charge < -0.3 is 15.5 Å². The number of carbonyl (C=O) groups is 1. The lowest BCUT2D eigenvalue weighted by Crippen LogP contribution is -2.45. The number of unbranched alkanes of at least 4 members (excludes halogenated alkanes) is 14. The van der Waals surface area contributed by atoms with E-state index in [0.29, 0.717) is 6.42 Å². The molecule has 236 valence electrons. The standard InChI is InChI=1S/C37H65NO3/c1-3-5-7-9-11-13-15-17-18-19-20-21-23-25-27-29-31-33-37(41)38-35(34-39)36(40)32-30-28-26-24-22-16-14-12-10-8-6-4-2/h10-13,17-18,22,24,30,32,35-36,39-40H,3-9,14-16,19-21,23,25-29,31,33-34H2,1-2H3,(H,38,41)/b12-10+,13-11-,18-17-,24-22+,32-30+. The van der Waals surface area contributed by atoms with Crippen LogP contribution in [0.3, 0.4) is 0 Å². The van der Waals surface area contributed by atoms with Crippen molar-refractivity contribution in [3.63, 3.8) is 0 Å². The first-order valence-corrected chi connectivity index (χ1v) is 17.0. The van der Waals surface area contributed by atoms with Gasteiger partial charge in [0.25, 0.3) is 0 Å². The number of hydrogen-bond acceptors (Lipinski definition) is 3. The van der Waals surface area contributed by atoms with E-state index < -0.39 is 12.1 Å². The molecular weight excluding hydrogens is 506 g/mol. The molecule has 0 aromatic carbocycles. The van der Waals surface area contributed by atoms with Crippen LogP contribution < -0.4 is 5.32 Å². The largest absolute Gasteiger partial charge is 0.394 e. The van der Waals surface area contributed by atoms with Crippen LogP contribution >= 0.6 is 0 Å².